The number of anilines is 4. The van der Waals surface area contributed by atoms with E-state index in [2.05, 4.69) is 54.8 Å². The predicted octanol–water partition coefficient (Wildman–Crippen LogP) is 5.72. The highest BCUT2D eigenvalue weighted by molar-refractivity contribution is 5.95. The number of benzene rings is 2. The lowest BCUT2D eigenvalue weighted by Gasteiger charge is -2.30. The summed E-state index contributed by atoms with van der Waals surface area (Å²) >= 11 is 0. The monoisotopic (exact) mass is 586 g/mol. The van der Waals surface area contributed by atoms with Crippen LogP contribution in [0.15, 0.2) is 55.0 Å². The topological polar surface area (TPSA) is 99.7 Å². The molecule has 2 fully saturated rings. The maximum Gasteiger partial charge on any atom is 0.150 e. The zero-order valence-electron chi connectivity index (χ0n) is 24.9. The average Bonchev–Trinajstić information content (AvgIpc) is 3.01. The molecule has 2 aromatic carbocycles. The Labute approximate surface area is 251 Å². The van der Waals surface area contributed by atoms with Crippen molar-refractivity contribution in [2.75, 3.05) is 63.3 Å². The number of methoxy groups -OCH3 is 1. The van der Waals surface area contributed by atoms with E-state index in [1.807, 2.05) is 18.2 Å². The first-order valence-corrected chi connectivity index (χ1v) is 14.9. The number of rotatable bonds is 9. The van der Waals surface area contributed by atoms with E-state index in [1.54, 1.807) is 31.5 Å². The molecular formula is C32H39FN8O2. The Bertz CT molecular complexity index is 1550. The van der Waals surface area contributed by atoms with E-state index in [1.165, 1.54) is 12.4 Å². The first kappa shape index (κ1) is 28.9. The van der Waals surface area contributed by atoms with Crippen molar-refractivity contribution in [3.05, 3.63) is 60.8 Å². The summed E-state index contributed by atoms with van der Waals surface area (Å²) in [5, 5.41) is 11.1. The van der Waals surface area contributed by atoms with E-state index in [0.29, 0.717) is 40.7 Å². The standard InChI is InChI=1S/C32H39FN8O2/c1-40-12-7-21(8-13-40)37-29-18-25-28(19-30(29)42-3)35-20-36-32(25)39-27-5-4-23(16-26(27)33)43-24-6-11-34-31(17-24)38-22-9-14-41(2)15-10-22/h4-6,11,16-22,37H,7-10,12-15H2,1-3H3,(H,34,38)(H,35,36,39). The van der Waals surface area contributed by atoms with E-state index in [4.69, 9.17) is 9.47 Å². The third-order valence-corrected chi connectivity index (χ3v) is 8.27. The summed E-state index contributed by atoms with van der Waals surface area (Å²) in [6.45, 7) is 4.20. The Morgan fingerprint density at radius 3 is 2.19 bits per heavy atom. The molecule has 2 aliphatic rings. The fourth-order valence-corrected chi connectivity index (χ4v) is 5.68. The lowest BCUT2D eigenvalue weighted by atomic mass is 10.0. The molecule has 0 spiro atoms. The Hall–Kier alpha value is -4.22. The number of likely N-dealkylation sites (tertiary alicyclic amines) is 2. The van der Waals surface area contributed by atoms with Crippen LogP contribution in [0.5, 0.6) is 17.2 Å². The number of fused-ring (bicyclic) bond motifs is 1. The number of piperidine rings is 2. The van der Waals surface area contributed by atoms with Crippen molar-refractivity contribution >= 4 is 33.9 Å². The molecule has 0 bridgehead atoms. The van der Waals surface area contributed by atoms with Crippen LogP contribution < -0.4 is 25.4 Å². The normalized spacial score (nSPS) is 17.1. The summed E-state index contributed by atoms with van der Waals surface area (Å²) in [7, 11) is 5.94. The summed E-state index contributed by atoms with van der Waals surface area (Å²) in [5.41, 5.74) is 1.85. The fraction of sp³-hybridized carbons (Fsp3) is 0.406. The lowest BCUT2D eigenvalue weighted by molar-refractivity contribution is 0.263. The summed E-state index contributed by atoms with van der Waals surface area (Å²) in [5.74, 6) is 2.49. The second-order valence-electron chi connectivity index (χ2n) is 11.5. The van der Waals surface area contributed by atoms with E-state index >= 15 is 4.39 Å². The molecule has 0 radical (unpaired) electrons. The van der Waals surface area contributed by atoms with Crippen molar-refractivity contribution in [3.63, 3.8) is 0 Å². The number of aromatic nitrogens is 3. The third kappa shape index (κ3) is 7.06. The Balaban J connectivity index is 1.17. The Morgan fingerprint density at radius 2 is 1.49 bits per heavy atom. The molecule has 2 aliphatic heterocycles. The van der Waals surface area contributed by atoms with E-state index in [0.717, 1.165) is 68.8 Å². The van der Waals surface area contributed by atoms with Crippen molar-refractivity contribution in [3.8, 4) is 17.2 Å². The van der Waals surface area contributed by atoms with Crippen LogP contribution in [0, 0.1) is 5.82 Å². The van der Waals surface area contributed by atoms with E-state index in [-0.39, 0.29) is 5.69 Å². The van der Waals surface area contributed by atoms with Gasteiger partial charge in [0.2, 0.25) is 0 Å². The first-order chi connectivity index (χ1) is 20.9. The van der Waals surface area contributed by atoms with E-state index in [9.17, 15) is 0 Å². The number of pyridine rings is 1. The molecule has 0 saturated carbocycles. The number of halogens is 1. The van der Waals surface area contributed by atoms with Gasteiger partial charge in [0.05, 0.1) is 24.0 Å². The average molecular weight is 587 g/mol. The van der Waals surface area contributed by atoms with Crippen molar-refractivity contribution in [2.24, 2.45) is 0 Å². The van der Waals surface area contributed by atoms with Crippen molar-refractivity contribution in [1.82, 2.24) is 24.8 Å². The molecule has 2 saturated heterocycles. The van der Waals surface area contributed by atoms with Gasteiger partial charge in [0.15, 0.2) is 0 Å². The molecule has 0 aliphatic carbocycles. The quantitative estimate of drug-likeness (QED) is 0.226. The van der Waals surface area contributed by atoms with Crippen LogP contribution in [0.25, 0.3) is 10.9 Å². The first-order valence-electron chi connectivity index (χ1n) is 14.9. The van der Waals surface area contributed by atoms with Gasteiger partial charge < -0.3 is 35.2 Å². The summed E-state index contributed by atoms with van der Waals surface area (Å²) in [6.07, 6.45) is 7.38. The SMILES string of the molecule is COc1cc2ncnc(Nc3ccc(Oc4ccnc(NC5CCN(C)CC5)c4)cc3F)c2cc1NC1CCN(C)CC1. The molecule has 4 heterocycles. The number of hydrogen-bond donors (Lipinski definition) is 3. The molecule has 6 rings (SSSR count). The second kappa shape index (κ2) is 13.0. The number of ether oxygens (including phenoxy) is 2. The molecular weight excluding hydrogens is 547 g/mol. The largest absolute Gasteiger partial charge is 0.495 e. The van der Waals surface area contributed by atoms with Crippen molar-refractivity contribution in [1.29, 1.82) is 0 Å². The minimum atomic E-state index is -0.457. The molecule has 10 nitrogen and oxygen atoms in total. The number of hydrogen-bond acceptors (Lipinski definition) is 10. The predicted molar refractivity (Wildman–Crippen MR) is 168 cm³/mol. The van der Waals surface area contributed by atoms with Crippen molar-refractivity contribution in [2.45, 2.75) is 37.8 Å². The minimum Gasteiger partial charge on any atom is -0.495 e. The highest BCUT2D eigenvalue weighted by atomic mass is 19.1. The minimum absolute atomic E-state index is 0.285. The summed E-state index contributed by atoms with van der Waals surface area (Å²) < 4.78 is 27.0. The molecule has 2 aromatic heterocycles. The van der Waals surface area contributed by atoms with Crippen LogP contribution in [-0.4, -0.2) is 84.2 Å². The van der Waals surface area contributed by atoms with Gasteiger partial charge in [-0.25, -0.2) is 19.3 Å². The maximum absolute atomic E-state index is 15.3. The van der Waals surface area contributed by atoms with Gasteiger partial charge in [0, 0.05) is 41.9 Å². The van der Waals surface area contributed by atoms with Gasteiger partial charge in [0.25, 0.3) is 0 Å². The highest BCUT2D eigenvalue weighted by Crippen LogP contribution is 2.35. The van der Waals surface area contributed by atoms with Gasteiger partial charge in [-0.15, -0.1) is 0 Å². The summed E-state index contributed by atoms with van der Waals surface area (Å²) in [4.78, 5) is 18.0. The van der Waals surface area contributed by atoms with Crippen LogP contribution in [0.2, 0.25) is 0 Å². The van der Waals surface area contributed by atoms with Gasteiger partial charge in [-0.05, 0) is 90.2 Å². The van der Waals surface area contributed by atoms with Gasteiger partial charge in [-0.2, -0.15) is 0 Å². The third-order valence-electron chi connectivity index (χ3n) is 8.27. The molecule has 226 valence electrons. The van der Waals surface area contributed by atoms with Crippen LogP contribution >= 0.6 is 0 Å². The molecule has 3 N–H and O–H groups in total. The molecule has 4 aromatic rings. The van der Waals surface area contributed by atoms with Gasteiger partial charge in [0.1, 0.15) is 41.0 Å². The smallest absolute Gasteiger partial charge is 0.150 e. The summed E-state index contributed by atoms with van der Waals surface area (Å²) in [6, 6.07) is 12.9. The zero-order chi connectivity index (χ0) is 29.8. The molecule has 0 atom stereocenters. The highest BCUT2D eigenvalue weighted by Gasteiger charge is 2.20. The molecule has 0 unspecified atom stereocenters. The van der Waals surface area contributed by atoms with Crippen LogP contribution in [-0.2, 0) is 0 Å². The van der Waals surface area contributed by atoms with Gasteiger partial charge >= 0.3 is 0 Å². The second-order valence-corrected chi connectivity index (χ2v) is 11.5. The maximum atomic E-state index is 15.3. The fourth-order valence-electron chi connectivity index (χ4n) is 5.68. The molecule has 43 heavy (non-hydrogen) atoms. The van der Waals surface area contributed by atoms with Gasteiger partial charge in [-0.1, -0.05) is 0 Å². The van der Waals surface area contributed by atoms with Crippen molar-refractivity contribution < 1.29 is 13.9 Å². The van der Waals surface area contributed by atoms with E-state index < -0.39 is 5.82 Å². The van der Waals surface area contributed by atoms with Gasteiger partial charge in [-0.3, -0.25) is 0 Å². The Kier molecular flexibility index (Phi) is 8.71. The molecule has 0 amide bonds. The number of nitrogens with zero attached hydrogens (tertiary/aromatic N) is 5. The van der Waals surface area contributed by atoms with Crippen LogP contribution in [0.3, 0.4) is 0 Å². The van der Waals surface area contributed by atoms with Crippen LogP contribution in [0.4, 0.5) is 27.4 Å². The van der Waals surface area contributed by atoms with Crippen LogP contribution in [0.1, 0.15) is 25.7 Å². The Morgan fingerprint density at radius 1 is 0.791 bits per heavy atom. The number of nitrogens with one attached hydrogen (secondary N) is 3. The zero-order valence-corrected chi connectivity index (χ0v) is 24.9. The lowest BCUT2D eigenvalue weighted by Crippen LogP contribution is -2.36. The molecule has 11 heteroatoms.